The van der Waals surface area contributed by atoms with Crippen LogP contribution in [0.1, 0.15) is 20.8 Å². The van der Waals surface area contributed by atoms with Gasteiger partial charge >= 0.3 is 51.4 Å². The summed E-state index contributed by atoms with van der Waals surface area (Å²) in [6.45, 7) is 10.8. The fourth-order valence-corrected chi connectivity index (χ4v) is 1.58. The molecule has 0 aliphatic heterocycles. The minimum atomic E-state index is 0. The summed E-state index contributed by atoms with van der Waals surface area (Å²) in [6, 6.07) is 0. The van der Waals surface area contributed by atoms with Crippen molar-refractivity contribution in [1.29, 1.82) is 0 Å². The fourth-order valence-electron chi connectivity index (χ4n) is 0.659. The van der Waals surface area contributed by atoms with Crippen LogP contribution in [-0.4, -0.2) is 17.3 Å². The number of rotatable bonds is 6. The quantitative estimate of drug-likeness (QED) is 0.476. The van der Waals surface area contributed by atoms with Crippen molar-refractivity contribution in [1.82, 2.24) is 5.32 Å². The number of hydrogen-bond donors (Lipinski definition) is 1. The second-order valence-corrected chi connectivity index (χ2v) is 4.07. The van der Waals surface area contributed by atoms with Crippen molar-refractivity contribution in [2.75, 3.05) is 6.54 Å². The average molecular weight is 212 g/mol. The molecule has 0 aromatic rings. The number of nitrogens with one attached hydrogen (secondary N) is 1. The third-order valence-electron chi connectivity index (χ3n) is 1.01. The zero-order chi connectivity index (χ0) is 8.69. The summed E-state index contributed by atoms with van der Waals surface area (Å²) in [5, 5.41) is 8.01. The van der Waals surface area contributed by atoms with Gasteiger partial charge in [-0.1, -0.05) is 27.4 Å². The van der Waals surface area contributed by atoms with Crippen molar-refractivity contribution in [3.63, 3.8) is 0 Å². The number of nitrogens with zero attached hydrogens (tertiary/aromatic N) is 1. The minimum Gasteiger partial charge on any atom is -0.634 e. The molecule has 66 valence electrons. The summed E-state index contributed by atoms with van der Waals surface area (Å²) in [7, 11) is 0. The van der Waals surface area contributed by atoms with Crippen LogP contribution in [0.2, 0.25) is 0 Å². The van der Waals surface area contributed by atoms with Crippen LogP contribution in [0.5, 0.6) is 0 Å². The van der Waals surface area contributed by atoms with Gasteiger partial charge in [-0.05, 0) is 16.9 Å². The Labute approximate surface area is 123 Å². The fraction of sp³-hybridized carbons (Fsp3) is 0.750. The van der Waals surface area contributed by atoms with Crippen molar-refractivity contribution in [2.24, 2.45) is 0 Å². The van der Waals surface area contributed by atoms with E-state index < -0.39 is 0 Å². The van der Waals surface area contributed by atoms with Gasteiger partial charge in [0.15, 0.2) is 0 Å². The van der Waals surface area contributed by atoms with Crippen LogP contribution < -0.4 is 56.7 Å². The van der Waals surface area contributed by atoms with Crippen LogP contribution in [-0.2, 0) is 0 Å². The average Bonchev–Trinajstić information content (AvgIpc) is 1.87. The van der Waals surface area contributed by atoms with Gasteiger partial charge in [0.05, 0.1) is 0 Å². The van der Waals surface area contributed by atoms with Crippen molar-refractivity contribution >= 4 is 11.8 Å². The molecule has 0 saturated carbocycles. The van der Waals surface area contributed by atoms with E-state index in [-0.39, 0.29) is 56.9 Å². The van der Waals surface area contributed by atoms with E-state index >= 15 is 0 Å². The first kappa shape index (κ1) is 15.9. The molecule has 0 heterocycles. The molecule has 0 rings (SSSR count). The molecular formula is C8H17KN2S. The first-order chi connectivity index (χ1) is 5.20. The van der Waals surface area contributed by atoms with Crippen LogP contribution in [0.4, 0.5) is 0 Å². The number of hydrogen-bond acceptors (Lipinski definition) is 2. The Hall–Kier alpha value is 1.49. The predicted octanol–water partition coefficient (Wildman–Crippen LogP) is -0.458. The topological polar surface area (TPSA) is 26.1 Å². The first-order valence-corrected chi connectivity index (χ1v) is 4.84. The van der Waals surface area contributed by atoms with Gasteiger partial charge in [0.1, 0.15) is 0 Å². The molecule has 12 heavy (non-hydrogen) atoms. The van der Waals surface area contributed by atoms with E-state index in [4.69, 9.17) is 0 Å². The maximum absolute atomic E-state index is 4.33. The Bertz CT molecular complexity index is 109. The maximum Gasteiger partial charge on any atom is 1.00 e. The summed E-state index contributed by atoms with van der Waals surface area (Å²) in [5.74, 6) is 0. The van der Waals surface area contributed by atoms with Gasteiger partial charge in [0.2, 0.25) is 0 Å². The first-order valence-electron chi connectivity index (χ1n) is 3.89. The van der Waals surface area contributed by atoms with Crippen LogP contribution in [0, 0.1) is 0 Å². The van der Waals surface area contributed by atoms with Gasteiger partial charge in [0.25, 0.3) is 0 Å². The third-order valence-corrected chi connectivity index (χ3v) is 2.10. The van der Waals surface area contributed by atoms with Crippen molar-refractivity contribution in [3.05, 3.63) is 18.1 Å². The minimum absolute atomic E-state index is 0. The van der Waals surface area contributed by atoms with Crippen LogP contribution in [0.25, 0.3) is 5.32 Å². The molecule has 2 nitrogen and oxygen atoms in total. The maximum atomic E-state index is 4.33. The van der Waals surface area contributed by atoms with E-state index in [2.05, 4.69) is 31.1 Å². The molecule has 0 aliphatic rings. The van der Waals surface area contributed by atoms with E-state index in [9.17, 15) is 0 Å². The third kappa shape index (κ3) is 9.57. The van der Waals surface area contributed by atoms with Crippen molar-refractivity contribution < 1.29 is 51.4 Å². The summed E-state index contributed by atoms with van der Waals surface area (Å²) < 4.78 is 0. The molecule has 0 aromatic carbocycles. The van der Waals surface area contributed by atoms with Crippen molar-refractivity contribution in [3.8, 4) is 0 Å². The molecule has 0 amide bonds. The van der Waals surface area contributed by atoms with E-state index in [1.54, 1.807) is 18.0 Å². The van der Waals surface area contributed by atoms with Crippen LogP contribution in [0.3, 0.4) is 0 Å². The van der Waals surface area contributed by atoms with E-state index in [0.717, 1.165) is 6.54 Å². The molecule has 0 spiro atoms. The molecule has 0 aliphatic carbocycles. The summed E-state index contributed by atoms with van der Waals surface area (Å²) in [5.41, 5.74) is 0.178. The Morgan fingerprint density at radius 3 is 2.50 bits per heavy atom. The molecule has 0 radical (unpaired) electrons. The van der Waals surface area contributed by atoms with Crippen LogP contribution in [0.15, 0.2) is 12.8 Å². The Kier molecular flexibility index (Phi) is 14.0. The molecule has 0 fully saturated rings. The normalized spacial score (nSPS) is 12.0. The molecule has 4 heteroatoms. The largest absolute Gasteiger partial charge is 1.00 e. The van der Waals surface area contributed by atoms with Gasteiger partial charge in [-0.25, -0.2) is 0 Å². The Morgan fingerprint density at radius 1 is 1.58 bits per heavy atom. The monoisotopic (exact) mass is 212 g/mol. The summed E-state index contributed by atoms with van der Waals surface area (Å²) in [4.78, 5) is 0. The Morgan fingerprint density at radius 2 is 2.17 bits per heavy atom. The van der Waals surface area contributed by atoms with Crippen molar-refractivity contribution in [2.45, 2.75) is 31.5 Å². The smallest absolute Gasteiger partial charge is 0.634 e. The van der Waals surface area contributed by atoms with Gasteiger partial charge in [0, 0.05) is 0 Å². The molecule has 0 bridgehead atoms. The van der Waals surface area contributed by atoms with E-state index in [0.29, 0.717) is 5.25 Å². The van der Waals surface area contributed by atoms with Gasteiger partial charge in [-0.2, -0.15) is 18.3 Å². The number of thioether (sulfide) groups is 1. The second-order valence-electron chi connectivity index (χ2n) is 2.41. The summed E-state index contributed by atoms with van der Waals surface area (Å²) >= 11 is 1.80. The van der Waals surface area contributed by atoms with Gasteiger partial charge in [-0.3, -0.25) is 0 Å². The van der Waals surface area contributed by atoms with E-state index in [1.165, 1.54) is 0 Å². The zero-order valence-electron chi connectivity index (χ0n) is 8.50. The molecule has 1 unspecified atom stereocenters. The molecule has 1 N–H and O–H groups in total. The van der Waals surface area contributed by atoms with Gasteiger partial charge < -0.3 is 10.6 Å². The SMILES string of the molecule is C=CNC([N-]CC)SC(C)C.[K+]. The van der Waals surface area contributed by atoms with Crippen LogP contribution >= 0.6 is 11.8 Å². The Balaban J connectivity index is 0. The van der Waals surface area contributed by atoms with E-state index in [1.807, 2.05) is 6.92 Å². The molecule has 0 saturated heterocycles. The standard InChI is InChI=1S/C8H17N2S.K/c1-5-9-8(10-6-2)11-7(3)4;/h5,7-9H,1,6H2,2-4H3;/q-1;+1. The molecule has 1 atom stereocenters. The second kappa shape index (κ2) is 10.6. The summed E-state index contributed by atoms with van der Waals surface area (Å²) in [6.07, 6.45) is 1.69. The zero-order valence-corrected chi connectivity index (χ0v) is 12.4. The molecule has 0 aromatic heterocycles. The van der Waals surface area contributed by atoms with Gasteiger partial charge in [-0.15, -0.1) is 0 Å². The molecular weight excluding hydrogens is 195 g/mol. The predicted molar refractivity (Wildman–Crippen MR) is 53.7 cm³/mol.